The molecular weight excluding hydrogens is 400 g/mol. The summed E-state index contributed by atoms with van der Waals surface area (Å²) in [5.74, 6) is 0.580. The number of morpholine rings is 2. The van der Waals surface area contributed by atoms with E-state index in [1.807, 2.05) is 17.0 Å². The number of amides is 1. The topological polar surface area (TPSA) is 89.3 Å². The van der Waals surface area contributed by atoms with Gasteiger partial charge in [-0.3, -0.25) is 4.79 Å². The van der Waals surface area contributed by atoms with Crippen LogP contribution in [0.5, 0.6) is 5.75 Å². The smallest absolute Gasteiger partial charge is 0.298 e. The molecule has 166 valence electrons. The van der Waals surface area contributed by atoms with Crippen molar-refractivity contribution in [1.82, 2.24) is 4.98 Å². The second-order valence-electron chi connectivity index (χ2n) is 8.68. The SMILES string of the molecule is CC1(C)Cc2cc(NC(=O)c3coc(N4CCOCC4)n3)c(N3CCOCC3)cc2O1. The number of nitrogens with zero attached hydrogens (tertiary/aromatic N) is 3. The minimum Gasteiger partial charge on any atom is -0.487 e. The standard InChI is InChI=1S/C22H28N4O5/c1-22(2)13-15-11-16(18(12-19(15)31-22)25-3-7-28-8-4-25)23-20(27)17-14-30-21(24-17)26-5-9-29-10-6-26/h11-12,14H,3-10,13H2,1-2H3,(H,23,27). The maximum Gasteiger partial charge on any atom is 0.298 e. The second kappa shape index (κ2) is 8.05. The van der Waals surface area contributed by atoms with Gasteiger partial charge < -0.3 is 33.7 Å². The first-order valence-electron chi connectivity index (χ1n) is 10.8. The molecule has 2 aromatic rings. The Morgan fingerprint density at radius 2 is 1.71 bits per heavy atom. The van der Waals surface area contributed by atoms with Crippen LogP contribution in [0.15, 0.2) is 22.8 Å². The van der Waals surface area contributed by atoms with Gasteiger partial charge in [-0.25, -0.2) is 0 Å². The Hall–Kier alpha value is -2.78. The van der Waals surface area contributed by atoms with Crippen LogP contribution in [-0.2, 0) is 15.9 Å². The Kier molecular flexibility index (Phi) is 5.23. The van der Waals surface area contributed by atoms with E-state index in [-0.39, 0.29) is 17.2 Å². The molecule has 2 saturated heterocycles. The third kappa shape index (κ3) is 4.20. The zero-order valence-electron chi connectivity index (χ0n) is 18.0. The van der Waals surface area contributed by atoms with E-state index in [2.05, 4.69) is 29.0 Å². The monoisotopic (exact) mass is 428 g/mol. The molecule has 4 heterocycles. The minimum absolute atomic E-state index is 0.256. The molecule has 9 heteroatoms. The van der Waals surface area contributed by atoms with Crippen molar-refractivity contribution in [2.24, 2.45) is 0 Å². The van der Waals surface area contributed by atoms with Crippen LogP contribution >= 0.6 is 0 Å². The quantitative estimate of drug-likeness (QED) is 0.794. The second-order valence-corrected chi connectivity index (χ2v) is 8.68. The van der Waals surface area contributed by atoms with Gasteiger partial charge in [-0.05, 0) is 19.9 Å². The number of carbonyl (C=O) groups is 1. The molecule has 1 amide bonds. The average Bonchev–Trinajstić information content (AvgIpc) is 3.38. The van der Waals surface area contributed by atoms with E-state index in [0.29, 0.717) is 45.5 Å². The van der Waals surface area contributed by atoms with E-state index in [1.54, 1.807) is 0 Å². The lowest BCUT2D eigenvalue weighted by molar-refractivity contribution is 0.102. The van der Waals surface area contributed by atoms with Crippen LogP contribution in [0.1, 0.15) is 29.9 Å². The Balaban J connectivity index is 1.40. The molecule has 31 heavy (non-hydrogen) atoms. The minimum atomic E-state index is -0.295. The Morgan fingerprint density at radius 1 is 1.03 bits per heavy atom. The Bertz CT molecular complexity index is 961. The summed E-state index contributed by atoms with van der Waals surface area (Å²) in [6.07, 6.45) is 2.20. The van der Waals surface area contributed by atoms with Crippen molar-refractivity contribution in [3.05, 3.63) is 29.7 Å². The van der Waals surface area contributed by atoms with Gasteiger partial charge in [-0.2, -0.15) is 4.98 Å². The van der Waals surface area contributed by atoms with Gasteiger partial charge in [0.05, 0.1) is 37.8 Å². The van der Waals surface area contributed by atoms with Crippen LogP contribution in [0.3, 0.4) is 0 Å². The number of nitrogens with one attached hydrogen (secondary N) is 1. The summed E-state index contributed by atoms with van der Waals surface area (Å²) in [5.41, 5.74) is 2.78. The molecule has 0 saturated carbocycles. The Labute approximate surface area is 181 Å². The van der Waals surface area contributed by atoms with E-state index >= 15 is 0 Å². The normalized spacial score (nSPS) is 20.3. The molecule has 3 aliphatic rings. The zero-order chi connectivity index (χ0) is 21.4. The molecule has 0 radical (unpaired) electrons. The van der Waals surface area contributed by atoms with Crippen LogP contribution in [0, 0.1) is 0 Å². The van der Waals surface area contributed by atoms with Crippen LogP contribution in [0.25, 0.3) is 0 Å². The first kappa shape index (κ1) is 20.1. The van der Waals surface area contributed by atoms with Gasteiger partial charge in [0.25, 0.3) is 11.9 Å². The van der Waals surface area contributed by atoms with Crippen LogP contribution in [0.2, 0.25) is 0 Å². The number of hydrogen-bond acceptors (Lipinski definition) is 8. The van der Waals surface area contributed by atoms with Gasteiger partial charge in [-0.1, -0.05) is 0 Å². The van der Waals surface area contributed by atoms with Crippen molar-refractivity contribution in [1.29, 1.82) is 0 Å². The number of ether oxygens (including phenoxy) is 3. The van der Waals surface area contributed by atoms with Crippen molar-refractivity contribution in [2.75, 3.05) is 67.7 Å². The summed E-state index contributed by atoms with van der Waals surface area (Å²) < 4.78 is 22.6. The summed E-state index contributed by atoms with van der Waals surface area (Å²) in [6.45, 7) is 9.62. The molecule has 1 N–H and O–H groups in total. The summed E-state index contributed by atoms with van der Waals surface area (Å²) in [7, 11) is 0. The molecular formula is C22H28N4O5. The molecule has 0 bridgehead atoms. The molecule has 0 spiro atoms. The number of aromatic nitrogens is 1. The molecule has 2 fully saturated rings. The fourth-order valence-electron chi connectivity index (χ4n) is 4.26. The number of benzene rings is 1. The third-order valence-electron chi connectivity index (χ3n) is 5.79. The lowest BCUT2D eigenvalue weighted by Gasteiger charge is -2.31. The summed E-state index contributed by atoms with van der Waals surface area (Å²) >= 11 is 0. The van der Waals surface area contributed by atoms with Crippen molar-refractivity contribution < 1.29 is 23.4 Å². The molecule has 0 atom stereocenters. The van der Waals surface area contributed by atoms with Gasteiger partial charge in [0.1, 0.15) is 17.6 Å². The van der Waals surface area contributed by atoms with Crippen LogP contribution in [0.4, 0.5) is 17.4 Å². The predicted molar refractivity (Wildman–Crippen MR) is 115 cm³/mol. The largest absolute Gasteiger partial charge is 0.487 e. The highest BCUT2D eigenvalue weighted by Gasteiger charge is 2.32. The molecule has 0 unspecified atom stereocenters. The first-order valence-corrected chi connectivity index (χ1v) is 10.8. The lowest BCUT2D eigenvalue weighted by atomic mass is 10.0. The van der Waals surface area contributed by atoms with Crippen molar-refractivity contribution in [2.45, 2.75) is 25.9 Å². The number of fused-ring (bicyclic) bond motifs is 1. The van der Waals surface area contributed by atoms with E-state index in [0.717, 1.165) is 42.2 Å². The highest BCUT2D eigenvalue weighted by Crippen LogP contribution is 2.42. The number of oxazole rings is 1. The highest BCUT2D eigenvalue weighted by atomic mass is 16.5. The zero-order valence-corrected chi connectivity index (χ0v) is 18.0. The summed E-state index contributed by atoms with van der Waals surface area (Å²) in [5, 5.41) is 3.05. The van der Waals surface area contributed by atoms with Gasteiger partial charge in [-0.15, -0.1) is 0 Å². The van der Waals surface area contributed by atoms with Crippen LogP contribution in [-0.4, -0.2) is 69.1 Å². The number of rotatable bonds is 4. The molecule has 1 aromatic carbocycles. The summed E-state index contributed by atoms with van der Waals surface area (Å²) in [6, 6.07) is 4.51. The summed E-state index contributed by atoms with van der Waals surface area (Å²) in [4.78, 5) is 21.6. The maximum absolute atomic E-state index is 13.0. The van der Waals surface area contributed by atoms with Crippen molar-refractivity contribution in [3.8, 4) is 5.75 Å². The van der Waals surface area contributed by atoms with E-state index in [9.17, 15) is 4.79 Å². The number of carbonyl (C=O) groups excluding carboxylic acids is 1. The fourth-order valence-corrected chi connectivity index (χ4v) is 4.26. The lowest BCUT2D eigenvalue weighted by Crippen LogP contribution is -2.37. The molecule has 0 aliphatic carbocycles. The van der Waals surface area contributed by atoms with Crippen LogP contribution < -0.4 is 19.9 Å². The average molecular weight is 428 g/mol. The highest BCUT2D eigenvalue weighted by molar-refractivity contribution is 6.05. The maximum atomic E-state index is 13.0. The van der Waals surface area contributed by atoms with E-state index in [1.165, 1.54) is 6.26 Å². The molecule has 5 rings (SSSR count). The van der Waals surface area contributed by atoms with E-state index < -0.39 is 0 Å². The fraction of sp³-hybridized carbons (Fsp3) is 0.545. The third-order valence-corrected chi connectivity index (χ3v) is 5.79. The number of hydrogen-bond donors (Lipinski definition) is 1. The van der Waals surface area contributed by atoms with Gasteiger partial charge in [0.2, 0.25) is 0 Å². The number of anilines is 3. The molecule has 1 aromatic heterocycles. The predicted octanol–water partition coefficient (Wildman–Crippen LogP) is 2.31. The van der Waals surface area contributed by atoms with Gasteiger partial charge in [0.15, 0.2) is 5.69 Å². The Morgan fingerprint density at radius 3 is 2.42 bits per heavy atom. The molecule has 9 nitrogen and oxygen atoms in total. The first-order chi connectivity index (χ1) is 15.0. The van der Waals surface area contributed by atoms with Gasteiger partial charge >= 0.3 is 0 Å². The van der Waals surface area contributed by atoms with Crippen molar-refractivity contribution >= 4 is 23.3 Å². The molecule has 3 aliphatic heterocycles. The van der Waals surface area contributed by atoms with E-state index in [4.69, 9.17) is 18.6 Å². The van der Waals surface area contributed by atoms with Gasteiger partial charge in [0, 0.05) is 44.2 Å². The van der Waals surface area contributed by atoms with Crippen molar-refractivity contribution in [3.63, 3.8) is 0 Å².